The number of unbranched alkanes of at least 4 members (excludes halogenated alkanes) is 10. The van der Waals surface area contributed by atoms with Gasteiger partial charge in [-0.1, -0.05) is 91.9 Å². The SMILES string of the molecule is CCCCCCCCOC(CCC)=C(OCCCCCCCC)OCOCCC. The van der Waals surface area contributed by atoms with E-state index in [-0.39, 0.29) is 6.79 Å². The van der Waals surface area contributed by atoms with Gasteiger partial charge in [0.05, 0.1) is 19.8 Å². The van der Waals surface area contributed by atoms with E-state index in [1.807, 2.05) is 0 Å². The molecule has 0 aliphatic carbocycles. The lowest BCUT2D eigenvalue weighted by Gasteiger charge is -2.17. The van der Waals surface area contributed by atoms with Crippen LogP contribution in [0.4, 0.5) is 0 Å². The van der Waals surface area contributed by atoms with Crippen molar-refractivity contribution in [2.45, 2.75) is 124 Å². The van der Waals surface area contributed by atoms with Crippen molar-refractivity contribution >= 4 is 0 Å². The third kappa shape index (κ3) is 18.8. The van der Waals surface area contributed by atoms with Gasteiger partial charge in [-0.25, -0.2) is 0 Å². The maximum Gasteiger partial charge on any atom is 0.321 e. The largest absolute Gasteiger partial charge is 0.491 e. The molecule has 0 rings (SSSR count). The fraction of sp³-hybridized carbons (Fsp3) is 0.920. The number of hydrogen-bond acceptors (Lipinski definition) is 4. The summed E-state index contributed by atoms with van der Waals surface area (Å²) in [4.78, 5) is 0. The third-order valence-corrected chi connectivity index (χ3v) is 4.83. The summed E-state index contributed by atoms with van der Waals surface area (Å²) in [5.74, 6) is 1.40. The molecular weight excluding hydrogens is 364 g/mol. The lowest BCUT2D eigenvalue weighted by atomic mass is 10.1. The average Bonchev–Trinajstić information content (AvgIpc) is 2.73. The number of hydrogen-bond donors (Lipinski definition) is 0. The van der Waals surface area contributed by atoms with Crippen molar-refractivity contribution in [3.63, 3.8) is 0 Å². The highest BCUT2D eigenvalue weighted by Crippen LogP contribution is 2.18. The number of allylic oxidation sites excluding steroid dienone is 1. The molecule has 0 N–H and O–H groups in total. The normalized spacial score (nSPS) is 12.0. The van der Waals surface area contributed by atoms with Crippen LogP contribution in [0.1, 0.15) is 124 Å². The monoisotopic (exact) mass is 414 g/mol. The van der Waals surface area contributed by atoms with Gasteiger partial charge >= 0.3 is 5.95 Å². The second-order valence-corrected chi connectivity index (χ2v) is 7.86. The Balaban J connectivity index is 4.45. The van der Waals surface area contributed by atoms with E-state index in [1.54, 1.807) is 0 Å². The molecule has 0 saturated heterocycles. The van der Waals surface area contributed by atoms with Crippen molar-refractivity contribution in [1.82, 2.24) is 0 Å². The van der Waals surface area contributed by atoms with Crippen LogP contribution in [0.3, 0.4) is 0 Å². The molecule has 0 aromatic heterocycles. The minimum Gasteiger partial charge on any atom is -0.491 e. The first-order chi connectivity index (χ1) is 14.3. The summed E-state index contributed by atoms with van der Waals surface area (Å²) >= 11 is 0. The number of rotatable bonds is 23. The smallest absolute Gasteiger partial charge is 0.321 e. The van der Waals surface area contributed by atoms with Gasteiger partial charge in [0.2, 0.25) is 0 Å². The van der Waals surface area contributed by atoms with E-state index in [0.29, 0.717) is 19.2 Å². The Labute approximate surface area is 181 Å². The fourth-order valence-electron chi connectivity index (χ4n) is 3.09. The Hall–Kier alpha value is -0.900. The van der Waals surface area contributed by atoms with E-state index in [0.717, 1.165) is 44.5 Å². The van der Waals surface area contributed by atoms with Crippen molar-refractivity contribution in [3.05, 3.63) is 11.7 Å². The Morgan fingerprint density at radius 2 is 1.03 bits per heavy atom. The molecular formula is C25H50O4. The van der Waals surface area contributed by atoms with Crippen molar-refractivity contribution in [3.8, 4) is 0 Å². The van der Waals surface area contributed by atoms with E-state index in [2.05, 4.69) is 27.7 Å². The summed E-state index contributed by atoms with van der Waals surface area (Å²) in [6, 6.07) is 0. The predicted molar refractivity (Wildman–Crippen MR) is 123 cm³/mol. The first-order valence-electron chi connectivity index (χ1n) is 12.5. The molecule has 0 heterocycles. The van der Waals surface area contributed by atoms with Gasteiger partial charge in [-0.3, -0.25) is 0 Å². The molecule has 0 unspecified atom stereocenters. The fourth-order valence-corrected chi connectivity index (χ4v) is 3.09. The van der Waals surface area contributed by atoms with Crippen molar-refractivity contribution in [2.24, 2.45) is 0 Å². The maximum absolute atomic E-state index is 6.09. The molecule has 0 fully saturated rings. The van der Waals surface area contributed by atoms with E-state index in [4.69, 9.17) is 18.9 Å². The van der Waals surface area contributed by atoms with E-state index in [1.165, 1.54) is 64.2 Å². The Kier molecular flexibility index (Phi) is 22.7. The van der Waals surface area contributed by atoms with Gasteiger partial charge in [0.15, 0.2) is 12.6 Å². The molecule has 0 spiro atoms. The summed E-state index contributed by atoms with van der Waals surface area (Å²) in [7, 11) is 0. The highest BCUT2D eigenvalue weighted by molar-refractivity contribution is 4.95. The summed E-state index contributed by atoms with van der Waals surface area (Å²) in [6.45, 7) is 11.1. The molecule has 174 valence electrons. The zero-order chi connectivity index (χ0) is 21.4. The summed E-state index contributed by atoms with van der Waals surface area (Å²) in [6.07, 6.45) is 17.9. The van der Waals surface area contributed by atoms with Gasteiger partial charge in [0.1, 0.15) is 0 Å². The van der Waals surface area contributed by atoms with E-state index < -0.39 is 0 Å². The topological polar surface area (TPSA) is 36.9 Å². The summed E-state index contributed by atoms with van der Waals surface area (Å²) in [5, 5.41) is 0. The lowest BCUT2D eigenvalue weighted by molar-refractivity contribution is -0.0837. The zero-order valence-corrected chi connectivity index (χ0v) is 20.1. The molecule has 0 bridgehead atoms. The third-order valence-electron chi connectivity index (χ3n) is 4.83. The van der Waals surface area contributed by atoms with Crippen molar-refractivity contribution in [1.29, 1.82) is 0 Å². The molecule has 0 radical (unpaired) electrons. The van der Waals surface area contributed by atoms with Crippen LogP contribution in [0.2, 0.25) is 0 Å². The molecule has 0 saturated carbocycles. The Bertz CT molecular complexity index is 355. The lowest BCUT2D eigenvalue weighted by Crippen LogP contribution is -2.10. The minimum atomic E-state index is 0.229. The molecule has 0 aromatic rings. The predicted octanol–water partition coefficient (Wildman–Crippen LogP) is 8.11. The van der Waals surface area contributed by atoms with Crippen LogP contribution in [-0.4, -0.2) is 26.6 Å². The second-order valence-electron chi connectivity index (χ2n) is 7.86. The van der Waals surface area contributed by atoms with Gasteiger partial charge in [-0.05, 0) is 25.7 Å². The summed E-state index contributed by atoms with van der Waals surface area (Å²) < 4.78 is 23.4. The molecule has 4 heteroatoms. The standard InChI is InChI=1S/C25H50O4/c1-5-9-11-13-15-17-21-27-24(19-7-3)25(29-23-26-20-8-4)28-22-18-16-14-12-10-6-2/h5-23H2,1-4H3. The van der Waals surface area contributed by atoms with Crippen LogP contribution in [0.15, 0.2) is 11.7 Å². The zero-order valence-electron chi connectivity index (χ0n) is 20.1. The first kappa shape index (κ1) is 28.1. The van der Waals surface area contributed by atoms with Crippen LogP contribution in [-0.2, 0) is 18.9 Å². The van der Waals surface area contributed by atoms with Gasteiger partial charge in [0, 0.05) is 6.42 Å². The van der Waals surface area contributed by atoms with Crippen LogP contribution >= 0.6 is 0 Å². The number of ether oxygens (including phenoxy) is 4. The van der Waals surface area contributed by atoms with E-state index >= 15 is 0 Å². The average molecular weight is 415 g/mol. The second kappa shape index (κ2) is 23.4. The highest BCUT2D eigenvalue weighted by atomic mass is 16.7. The maximum atomic E-state index is 6.09. The minimum absolute atomic E-state index is 0.229. The molecule has 4 nitrogen and oxygen atoms in total. The van der Waals surface area contributed by atoms with Crippen LogP contribution in [0.25, 0.3) is 0 Å². The van der Waals surface area contributed by atoms with Gasteiger partial charge in [-0.15, -0.1) is 0 Å². The van der Waals surface area contributed by atoms with Crippen LogP contribution in [0, 0.1) is 0 Å². The quantitative estimate of drug-likeness (QED) is 0.0961. The van der Waals surface area contributed by atoms with Crippen molar-refractivity contribution in [2.75, 3.05) is 26.6 Å². The van der Waals surface area contributed by atoms with E-state index in [9.17, 15) is 0 Å². The Morgan fingerprint density at radius 1 is 0.483 bits per heavy atom. The van der Waals surface area contributed by atoms with Crippen LogP contribution < -0.4 is 0 Å². The highest BCUT2D eigenvalue weighted by Gasteiger charge is 2.12. The van der Waals surface area contributed by atoms with Gasteiger partial charge in [-0.2, -0.15) is 0 Å². The summed E-state index contributed by atoms with van der Waals surface area (Å²) in [5.41, 5.74) is 0. The van der Waals surface area contributed by atoms with Crippen LogP contribution in [0.5, 0.6) is 0 Å². The molecule has 0 aliphatic heterocycles. The Morgan fingerprint density at radius 3 is 1.59 bits per heavy atom. The molecule has 0 atom stereocenters. The first-order valence-corrected chi connectivity index (χ1v) is 12.5. The van der Waals surface area contributed by atoms with Gasteiger partial charge < -0.3 is 18.9 Å². The van der Waals surface area contributed by atoms with Crippen molar-refractivity contribution < 1.29 is 18.9 Å². The molecule has 0 aliphatic rings. The molecule has 0 aromatic carbocycles. The molecule has 0 amide bonds. The van der Waals surface area contributed by atoms with Gasteiger partial charge in [0.25, 0.3) is 0 Å². The molecule has 29 heavy (non-hydrogen) atoms.